The zero-order valence-electron chi connectivity index (χ0n) is 8.98. The van der Waals surface area contributed by atoms with E-state index in [1.54, 1.807) is 24.3 Å². The minimum absolute atomic E-state index is 0. The molecule has 2 aromatic rings. The van der Waals surface area contributed by atoms with Crippen LogP contribution in [0, 0.1) is 22.7 Å². The van der Waals surface area contributed by atoms with Crippen molar-refractivity contribution in [2.45, 2.75) is 0 Å². The van der Waals surface area contributed by atoms with Gasteiger partial charge in [0.2, 0.25) is 0 Å². The third-order valence-corrected chi connectivity index (χ3v) is 1.81. The molecule has 0 fully saturated rings. The first kappa shape index (κ1) is 15.1. The van der Waals surface area contributed by atoms with Crippen LogP contribution in [0.15, 0.2) is 60.7 Å². The molecule has 0 aliphatic carbocycles. The topological polar surface area (TPSA) is 47.6 Å². The smallest absolute Gasteiger partial charge is 0.0991 e. The predicted octanol–water partition coefficient (Wildman–Crippen LogP) is 3.11. The molecule has 0 aliphatic heterocycles. The van der Waals surface area contributed by atoms with Gasteiger partial charge in [0.25, 0.3) is 0 Å². The second kappa shape index (κ2) is 9.32. The van der Waals surface area contributed by atoms with Gasteiger partial charge in [-0.25, -0.2) is 0 Å². The third kappa shape index (κ3) is 6.29. The molecule has 0 aromatic heterocycles. The van der Waals surface area contributed by atoms with E-state index in [0.717, 1.165) is 0 Å². The van der Waals surface area contributed by atoms with Crippen molar-refractivity contribution < 1.29 is 20.4 Å². The van der Waals surface area contributed by atoms with E-state index in [0.29, 0.717) is 11.1 Å². The fraction of sp³-hybridized carbons (Fsp3) is 0. The van der Waals surface area contributed by atoms with Gasteiger partial charge >= 0.3 is 0 Å². The van der Waals surface area contributed by atoms with Crippen molar-refractivity contribution in [2.24, 2.45) is 0 Å². The van der Waals surface area contributed by atoms with E-state index < -0.39 is 0 Å². The summed E-state index contributed by atoms with van der Waals surface area (Å²) in [7, 11) is 0. The van der Waals surface area contributed by atoms with E-state index in [9.17, 15) is 0 Å². The van der Waals surface area contributed by atoms with E-state index in [4.69, 9.17) is 10.5 Å². The molecule has 0 spiro atoms. The van der Waals surface area contributed by atoms with E-state index in [-0.39, 0.29) is 20.4 Å². The first-order valence-corrected chi connectivity index (χ1v) is 4.77. The predicted molar refractivity (Wildman–Crippen MR) is 62.3 cm³/mol. The second-order valence-electron chi connectivity index (χ2n) is 2.96. The van der Waals surface area contributed by atoms with Crippen LogP contribution in [0.2, 0.25) is 0 Å². The van der Waals surface area contributed by atoms with Crippen molar-refractivity contribution >= 4 is 0 Å². The maximum Gasteiger partial charge on any atom is 0.0991 e. The first-order chi connectivity index (χ1) is 7.86. The summed E-state index contributed by atoms with van der Waals surface area (Å²) in [4.78, 5) is 0. The first-order valence-electron chi connectivity index (χ1n) is 4.77. The summed E-state index contributed by atoms with van der Waals surface area (Å²) in [6.07, 6.45) is 0. The van der Waals surface area contributed by atoms with Crippen molar-refractivity contribution in [2.75, 3.05) is 0 Å². The number of rotatable bonds is 0. The van der Waals surface area contributed by atoms with Gasteiger partial charge in [-0.2, -0.15) is 10.5 Å². The van der Waals surface area contributed by atoms with Gasteiger partial charge in [-0.1, -0.05) is 36.4 Å². The Bertz CT molecular complexity index is 446. The van der Waals surface area contributed by atoms with Crippen LogP contribution in [-0.2, 0) is 20.4 Å². The maximum absolute atomic E-state index is 8.29. The van der Waals surface area contributed by atoms with Crippen molar-refractivity contribution in [1.29, 1.82) is 10.5 Å². The molecule has 3 heteroatoms. The summed E-state index contributed by atoms with van der Waals surface area (Å²) >= 11 is 0. The van der Waals surface area contributed by atoms with Crippen LogP contribution in [-0.4, -0.2) is 0 Å². The normalized spacial score (nSPS) is 7.41. The Hall–Kier alpha value is -1.92. The van der Waals surface area contributed by atoms with E-state index in [2.05, 4.69) is 0 Å². The molecule has 0 aliphatic rings. The average molecular weight is 313 g/mol. The Morgan fingerprint density at radius 3 is 1.06 bits per heavy atom. The Kier molecular flexibility index (Phi) is 8.27. The molecule has 86 valence electrons. The SMILES string of the molecule is N#Cc1ccccc1.N#Cc1ccccc1.[Pd]. The number of hydrogen-bond donors (Lipinski definition) is 0. The summed E-state index contributed by atoms with van der Waals surface area (Å²) in [5, 5.41) is 16.6. The molecule has 0 N–H and O–H groups in total. The number of nitrogens with zero attached hydrogens (tertiary/aromatic N) is 2. The van der Waals surface area contributed by atoms with Gasteiger partial charge in [-0.15, -0.1) is 0 Å². The molecule has 0 heterocycles. The molecule has 0 bridgehead atoms. The molecule has 0 saturated heterocycles. The minimum Gasteiger partial charge on any atom is -0.192 e. The van der Waals surface area contributed by atoms with Gasteiger partial charge in [0, 0.05) is 20.4 Å². The zero-order chi connectivity index (χ0) is 11.6. The molecule has 2 aromatic carbocycles. The number of hydrogen-bond acceptors (Lipinski definition) is 2. The molecule has 0 saturated carbocycles. The average Bonchev–Trinajstić information content (AvgIpc) is 2.41. The van der Waals surface area contributed by atoms with Gasteiger partial charge in [0.05, 0.1) is 23.3 Å². The third-order valence-electron chi connectivity index (χ3n) is 1.81. The second-order valence-corrected chi connectivity index (χ2v) is 2.96. The van der Waals surface area contributed by atoms with Gasteiger partial charge in [0.15, 0.2) is 0 Å². The summed E-state index contributed by atoms with van der Waals surface area (Å²) in [6.45, 7) is 0. The molecule has 2 rings (SSSR count). The Morgan fingerprint density at radius 2 is 0.882 bits per heavy atom. The van der Waals surface area contributed by atoms with Gasteiger partial charge in [-0.3, -0.25) is 0 Å². The standard InChI is InChI=1S/2C7H5N.Pd/c2*8-6-7-4-2-1-3-5-7;/h2*1-5H;. The van der Waals surface area contributed by atoms with E-state index in [1.807, 2.05) is 48.5 Å². The van der Waals surface area contributed by atoms with Crippen LogP contribution in [0.5, 0.6) is 0 Å². The van der Waals surface area contributed by atoms with Crippen LogP contribution in [0.1, 0.15) is 11.1 Å². The molecule has 17 heavy (non-hydrogen) atoms. The van der Waals surface area contributed by atoms with Gasteiger partial charge in [0.1, 0.15) is 0 Å². The monoisotopic (exact) mass is 312 g/mol. The minimum atomic E-state index is 0. The van der Waals surface area contributed by atoms with Gasteiger partial charge < -0.3 is 0 Å². The van der Waals surface area contributed by atoms with Crippen molar-refractivity contribution in [3.8, 4) is 12.1 Å². The van der Waals surface area contributed by atoms with Crippen molar-refractivity contribution in [3.63, 3.8) is 0 Å². The fourth-order valence-corrected chi connectivity index (χ4v) is 1.03. The van der Waals surface area contributed by atoms with Crippen LogP contribution in [0.25, 0.3) is 0 Å². The Labute approximate surface area is 115 Å². The van der Waals surface area contributed by atoms with Crippen molar-refractivity contribution in [1.82, 2.24) is 0 Å². The molecular formula is C14H10N2Pd. The Morgan fingerprint density at radius 1 is 0.588 bits per heavy atom. The summed E-state index contributed by atoms with van der Waals surface area (Å²) in [6, 6.07) is 22.3. The molecule has 0 radical (unpaired) electrons. The molecule has 0 unspecified atom stereocenters. The van der Waals surface area contributed by atoms with Crippen LogP contribution < -0.4 is 0 Å². The quantitative estimate of drug-likeness (QED) is 0.702. The summed E-state index contributed by atoms with van der Waals surface area (Å²) in [5.74, 6) is 0. The molecule has 0 atom stereocenters. The number of nitriles is 2. The summed E-state index contributed by atoms with van der Waals surface area (Å²) < 4.78 is 0. The summed E-state index contributed by atoms with van der Waals surface area (Å²) in [5.41, 5.74) is 1.43. The number of benzene rings is 2. The van der Waals surface area contributed by atoms with Crippen LogP contribution in [0.4, 0.5) is 0 Å². The maximum atomic E-state index is 8.29. The zero-order valence-corrected chi connectivity index (χ0v) is 10.5. The molecule has 2 nitrogen and oxygen atoms in total. The van der Waals surface area contributed by atoms with E-state index >= 15 is 0 Å². The molecule has 0 amide bonds. The van der Waals surface area contributed by atoms with Crippen LogP contribution >= 0.6 is 0 Å². The fourth-order valence-electron chi connectivity index (χ4n) is 1.03. The van der Waals surface area contributed by atoms with E-state index in [1.165, 1.54) is 0 Å². The van der Waals surface area contributed by atoms with Crippen LogP contribution in [0.3, 0.4) is 0 Å². The van der Waals surface area contributed by atoms with Gasteiger partial charge in [-0.05, 0) is 24.3 Å². The largest absolute Gasteiger partial charge is 0.192 e. The molecular weight excluding hydrogens is 303 g/mol. The Balaban J connectivity index is 0.000000284. The van der Waals surface area contributed by atoms with Crippen molar-refractivity contribution in [3.05, 3.63) is 71.8 Å².